The van der Waals surface area contributed by atoms with E-state index in [2.05, 4.69) is 20.4 Å². The van der Waals surface area contributed by atoms with Crippen LogP contribution < -0.4 is 10.2 Å². The van der Waals surface area contributed by atoms with E-state index in [0.29, 0.717) is 29.9 Å². The molecular formula is C22H24ClFN6O2. The predicted octanol–water partition coefficient (Wildman–Crippen LogP) is 4.22. The average molecular weight is 459 g/mol. The number of nitrogens with one attached hydrogen (secondary N) is 1. The lowest BCUT2D eigenvalue weighted by Crippen LogP contribution is -2.40. The van der Waals surface area contributed by atoms with Crippen LogP contribution >= 0.6 is 12.4 Å². The SMILES string of the molecule is Cl.O=C1OC2(CCC(CNc3ccn(-c4ccccc4F)n3)CC2)CN1c1ncccn1. The molecule has 0 unspecified atom stereocenters. The Morgan fingerprint density at radius 3 is 2.62 bits per heavy atom. The first-order chi connectivity index (χ1) is 15.1. The van der Waals surface area contributed by atoms with Gasteiger partial charge in [-0.05, 0) is 49.8 Å². The van der Waals surface area contributed by atoms with E-state index in [1.54, 1.807) is 42.9 Å². The fraction of sp³-hybridized carbons (Fsp3) is 0.364. The van der Waals surface area contributed by atoms with Crippen molar-refractivity contribution in [1.82, 2.24) is 19.7 Å². The number of amides is 1. The third-order valence-corrected chi connectivity index (χ3v) is 6.04. The highest BCUT2D eigenvalue weighted by Crippen LogP contribution is 2.40. The predicted molar refractivity (Wildman–Crippen MR) is 120 cm³/mol. The Morgan fingerprint density at radius 2 is 1.88 bits per heavy atom. The van der Waals surface area contributed by atoms with Crippen LogP contribution in [0.1, 0.15) is 25.7 Å². The molecule has 32 heavy (non-hydrogen) atoms. The Kier molecular flexibility index (Phi) is 6.27. The Labute approximate surface area is 191 Å². The summed E-state index contributed by atoms with van der Waals surface area (Å²) in [6.07, 6.45) is 8.11. The van der Waals surface area contributed by atoms with Gasteiger partial charge >= 0.3 is 6.09 Å². The highest BCUT2D eigenvalue weighted by Gasteiger charge is 2.48. The van der Waals surface area contributed by atoms with Gasteiger partial charge in [0, 0.05) is 31.2 Å². The Hall–Kier alpha value is -3.20. The maximum atomic E-state index is 13.9. The number of anilines is 2. The van der Waals surface area contributed by atoms with Gasteiger partial charge in [0.05, 0.1) is 6.54 Å². The van der Waals surface area contributed by atoms with Gasteiger partial charge in [0.2, 0.25) is 5.95 Å². The molecule has 3 heterocycles. The lowest BCUT2D eigenvalue weighted by atomic mass is 9.78. The maximum Gasteiger partial charge on any atom is 0.417 e. The van der Waals surface area contributed by atoms with E-state index in [1.807, 2.05) is 6.07 Å². The van der Waals surface area contributed by atoms with Crippen LogP contribution in [0.3, 0.4) is 0 Å². The molecule has 3 aromatic rings. The Morgan fingerprint density at radius 1 is 1.12 bits per heavy atom. The highest BCUT2D eigenvalue weighted by atomic mass is 35.5. The molecule has 1 N–H and O–H groups in total. The minimum absolute atomic E-state index is 0. The summed E-state index contributed by atoms with van der Waals surface area (Å²) < 4.78 is 21.2. The maximum absolute atomic E-state index is 13.9. The molecule has 10 heteroatoms. The Balaban J connectivity index is 0.00000245. The second-order valence-corrected chi connectivity index (χ2v) is 8.11. The van der Waals surface area contributed by atoms with Gasteiger partial charge in [0.1, 0.15) is 22.9 Å². The number of hydrogen-bond donors (Lipinski definition) is 1. The first kappa shape index (κ1) is 22.0. The third kappa shape index (κ3) is 4.38. The fourth-order valence-electron chi connectivity index (χ4n) is 4.32. The Bertz CT molecular complexity index is 1070. The molecule has 1 saturated heterocycles. The summed E-state index contributed by atoms with van der Waals surface area (Å²) in [6, 6.07) is 10.1. The lowest BCUT2D eigenvalue weighted by molar-refractivity contribution is 0.0148. The van der Waals surface area contributed by atoms with E-state index in [-0.39, 0.29) is 24.3 Å². The van der Waals surface area contributed by atoms with Crippen LogP contribution in [0.4, 0.5) is 21.0 Å². The molecule has 1 amide bonds. The van der Waals surface area contributed by atoms with Gasteiger partial charge in [0.25, 0.3) is 0 Å². The number of para-hydroxylation sites is 1. The largest absolute Gasteiger partial charge is 0.441 e. The van der Waals surface area contributed by atoms with E-state index < -0.39 is 5.60 Å². The van der Waals surface area contributed by atoms with Crippen LogP contribution in [0.5, 0.6) is 0 Å². The fourth-order valence-corrected chi connectivity index (χ4v) is 4.32. The second-order valence-electron chi connectivity index (χ2n) is 8.11. The zero-order valence-corrected chi connectivity index (χ0v) is 18.2. The molecule has 2 aromatic heterocycles. The van der Waals surface area contributed by atoms with Crippen molar-refractivity contribution in [3.63, 3.8) is 0 Å². The quantitative estimate of drug-likeness (QED) is 0.616. The monoisotopic (exact) mass is 458 g/mol. The van der Waals surface area contributed by atoms with Crippen LogP contribution in [0.15, 0.2) is 55.0 Å². The third-order valence-electron chi connectivity index (χ3n) is 6.04. The number of ether oxygens (including phenoxy) is 1. The highest BCUT2D eigenvalue weighted by molar-refractivity contribution is 5.88. The van der Waals surface area contributed by atoms with Crippen LogP contribution in [0.2, 0.25) is 0 Å². The van der Waals surface area contributed by atoms with Crippen molar-refractivity contribution in [2.24, 2.45) is 5.92 Å². The normalized spacial score (nSPS) is 22.5. The van der Waals surface area contributed by atoms with E-state index in [9.17, 15) is 9.18 Å². The summed E-state index contributed by atoms with van der Waals surface area (Å²) in [5, 5.41) is 7.78. The van der Waals surface area contributed by atoms with Crippen LogP contribution in [-0.2, 0) is 4.74 Å². The summed E-state index contributed by atoms with van der Waals surface area (Å²) in [7, 11) is 0. The minimum Gasteiger partial charge on any atom is -0.441 e. The number of aromatic nitrogens is 4. The van der Waals surface area contributed by atoms with Crippen molar-refractivity contribution in [3.05, 3.63) is 60.8 Å². The molecule has 0 atom stereocenters. The first-order valence-corrected chi connectivity index (χ1v) is 10.4. The number of benzene rings is 1. The number of carbonyl (C=O) groups is 1. The van der Waals surface area contributed by atoms with Crippen molar-refractivity contribution in [1.29, 1.82) is 0 Å². The van der Waals surface area contributed by atoms with Crippen molar-refractivity contribution >= 4 is 30.3 Å². The van der Waals surface area contributed by atoms with E-state index in [4.69, 9.17) is 4.74 Å². The van der Waals surface area contributed by atoms with Gasteiger partial charge in [-0.3, -0.25) is 0 Å². The van der Waals surface area contributed by atoms with Crippen LogP contribution in [0.25, 0.3) is 5.69 Å². The van der Waals surface area contributed by atoms with Crippen LogP contribution in [0, 0.1) is 11.7 Å². The van der Waals surface area contributed by atoms with Gasteiger partial charge in [-0.2, -0.15) is 5.10 Å². The number of rotatable bonds is 5. The van der Waals surface area contributed by atoms with Crippen molar-refractivity contribution in [3.8, 4) is 5.69 Å². The molecule has 1 aliphatic heterocycles. The molecule has 1 saturated carbocycles. The topological polar surface area (TPSA) is 85.2 Å². The lowest BCUT2D eigenvalue weighted by Gasteiger charge is -2.35. The van der Waals surface area contributed by atoms with Crippen molar-refractivity contribution in [2.75, 3.05) is 23.3 Å². The summed E-state index contributed by atoms with van der Waals surface area (Å²) >= 11 is 0. The number of carbonyl (C=O) groups excluding carboxylic acids is 1. The van der Waals surface area contributed by atoms with Gasteiger partial charge in [-0.25, -0.2) is 28.7 Å². The number of hydrogen-bond acceptors (Lipinski definition) is 6. The molecule has 5 rings (SSSR count). The molecule has 0 radical (unpaired) electrons. The average Bonchev–Trinajstić information content (AvgIpc) is 3.39. The number of nitrogens with zero attached hydrogens (tertiary/aromatic N) is 5. The summed E-state index contributed by atoms with van der Waals surface area (Å²) in [4.78, 5) is 22.2. The molecule has 1 aromatic carbocycles. The summed E-state index contributed by atoms with van der Waals surface area (Å²) in [5.41, 5.74) is -0.0377. The summed E-state index contributed by atoms with van der Waals surface area (Å²) in [5.74, 6) is 1.24. The molecule has 1 aliphatic carbocycles. The van der Waals surface area contributed by atoms with E-state index >= 15 is 0 Å². The van der Waals surface area contributed by atoms with E-state index in [0.717, 1.165) is 32.2 Å². The zero-order chi connectivity index (χ0) is 21.3. The van der Waals surface area contributed by atoms with Gasteiger partial charge in [0.15, 0.2) is 0 Å². The van der Waals surface area contributed by atoms with Gasteiger partial charge in [-0.15, -0.1) is 12.4 Å². The first-order valence-electron chi connectivity index (χ1n) is 10.4. The second kappa shape index (κ2) is 9.12. The molecule has 1 spiro atoms. The van der Waals surface area contributed by atoms with E-state index in [1.165, 1.54) is 15.6 Å². The summed E-state index contributed by atoms with van der Waals surface area (Å²) in [6.45, 7) is 1.26. The molecule has 168 valence electrons. The standard InChI is InChI=1S/C22H23FN6O2.ClH/c23-17-4-1-2-5-18(17)29-13-8-19(27-29)26-14-16-6-9-22(10-7-16)15-28(21(30)31-22)20-24-11-3-12-25-20;/h1-5,8,11-13,16H,6-7,9-10,14-15H2,(H,26,27);1H. The molecule has 8 nitrogen and oxygen atoms in total. The molecule has 0 bridgehead atoms. The minimum atomic E-state index is -0.459. The van der Waals surface area contributed by atoms with Crippen LogP contribution in [-0.4, -0.2) is 44.5 Å². The van der Waals surface area contributed by atoms with Crippen molar-refractivity contribution in [2.45, 2.75) is 31.3 Å². The van der Waals surface area contributed by atoms with Crippen molar-refractivity contribution < 1.29 is 13.9 Å². The molecule has 2 fully saturated rings. The van der Waals surface area contributed by atoms with Gasteiger partial charge < -0.3 is 10.1 Å². The number of halogens is 2. The van der Waals surface area contributed by atoms with Gasteiger partial charge in [-0.1, -0.05) is 12.1 Å². The zero-order valence-electron chi connectivity index (χ0n) is 17.4. The molecule has 2 aliphatic rings. The molecular weight excluding hydrogens is 435 g/mol. The smallest absolute Gasteiger partial charge is 0.417 e.